The monoisotopic (exact) mass is 362 g/mol. The topological polar surface area (TPSA) is 50.6 Å². The van der Waals surface area contributed by atoms with Crippen molar-refractivity contribution in [2.75, 3.05) is 52.5 Å². The Hall–Kier alpha value is -1.24. The molecule has 2 aliphatic rings. The Morgan fingerprint density at radius 3 is 2.54 bits per heavy atom. The van der Waals surface area contributed by atoms with Crippen LogP contribution in [-0.2, 0) is 11.3 Å². The van der Waals surface area contributed by atoms with Crippen LogP contribution in [0.3, 0.4) is 0 Å². The Morgan fingerprint density at radius 2 is 1.85 bits per heavy atom. The van der Waals surface area contributed by atoms with E-state index in [4.69, 9.17) is 4.74 Å². The third kappa shape index (κ3) is 5.63. The molecule has 2 fully saturated rings. The van der Waals surface area contributed by atoms with E-state index in [1.165, 1.54) is 19.4 Å². The summed E-state index contributed by atoms with van der Waals surface area (Å²) in [5, 5.41) is 0. The quantitative estimate of drug-likeness (QED) is 0.772. The highest BCUT2D eigenvalue weighted by Crippen LogP contribution is 2.18. The van der Waals surface area contributed by atoms with Gasteiger partial charge in [-0.2, -0.15) is 0 Å². The van der Waals surface area contributed by atoms with Crippen molar-refractivity contribution in [3.63, 3.8) is 0 Å². The van der Waals surface area contributed by atoms with Gasteiger partial charge in [-0.15, -0.1) is 0 Å². The summed E-state index contributed by atoms with van der Waals surface area (Å²) in [6.07, 6.45) is 5.23. The fourth-order valence-electron chi connectivity index (χ4n) is 3.87. The van der Waals surface area contributed by atoms with E-state index in [2.05, 4.69) is 28.6 Å². The Labute approximate surface area is 157 Å². The van der Waals surface area contributed by atoms with E-state index < -0.39 is 0 Å². The van der Waals surface area contributed by atoms with Gasteiger partial charge in [-0.05, 0) is 44.2 Å². The zero-order chi connectivity index (χ0) is 18.4. The lowest BCUT2D eigenvalue weighted by molar-refractivity contribution is 0.129. The Balaban J connectivity index is 1.41. The number of rotatable bonds is 6. The molecule has 0 saturated carbocycles. The lowest BCUT2D eigenvalue weighted by atomic mass is 9.96. The SMILES string of the molecule is CC(C)c1cc(=O)n(CC2CCN(CCN3CCCOCC3)CC2)cn1. The molecule has 0 aliphatic carbocycles. The molecule has 26 heavy (non-hydrogen) atoms. The lowest BCUT2D eigenvalue weighted by Crippen LogP contribution is -2.41. The Kier molecular flexibility index (Phi) is 7.23. The normalized spacial score (nSPS) is 21.2. The maximum Gasteiger partial charge on any atom is 0.253 e. The van der Waals surface area contributed by atoms with Crippen LogP contribution < -0.4 is 5.56 Å². The van der Waals surface area contributed by atoms with Gasteiger partial charge in [0.15, 0.2) is 0 Å². The van der Waals surface area contributed by atoms with Crippen molar-refractivity contribution < 1.29 is 4.74 Å². The van der Waals surface area contributed by atoms with Crippen LogP contribution >= 0.6 is 0 Å². The third-order valence-electron chi connectivity index (χ3n) is 5.70. The smallest absolute Gasteiger partial charge is 0.253 e. The van der Waals surface area contributed by atoms with Crippen molar-refractivity contribution in [2.45, 2.75) is 45.6 Å². The van der Waals surface area contributed by atoms with Gasteiger partial charge in [-0.3, -0.25) is 14.3 Å². The predicted octanol–water partition coefficient (Wildman–Crippen LogP) is 1.80. The largest absolute Gasteiger partial charge is 0.380 e. The van der Waals surface area contributed by atoms with Gasteiger partial charge >= 0.3 is 0 Å². The van der Waals surface area contributed by atoms with E-state index in [-0.39, 0.29) is 5.56 Å². The Morgan fingerprint density at radius 1 is 1.12 bits per heavy atom. The molecule has 2 aliphatic heterocycles. The fourth-order valence-corrected chi connectivity index (χ4v) is 3.87. The van der Waals surface area contributed by atoms with Gasteiger partial charge in [-0.1, -0.05) is 13.8 Å². The first-order chi connectivity index (χ1) is 12.6. The molecule has 0 radical (unpaired) electrons. The predicted molar refractivity (Wildman–Crippen MR) is 104 cm³/mol. The van der Waals surface area contributed by atoms with E-state index in [1.54, 1.807) is 17.0 Å². The first-order valence-corrected chi connectivity index (χ1v) is 10.2. The summed E-state index contributed by atoms with van der Waals surface area (Å²) >= 11 is 0. The van der Waals surface area contributed by atoms with Gasteiger partial charge in [0.1, 0.15) is 0 Å². The summed E-state index contributed by atoms with van der Waals surface area (Å²) in [4.78, 5) is 21.8. The van der Waals surface area contributed by atoms with Crippen LogP contribution in [0.25, 0.3) is 0 Å². The average molecular weight is 363 g/mol. The van der Waals surface area contributed by atoms with Crippen LogP contribution in [0.1, 0.15) is 44.7 Å². The van der Waals surface area contributed by atoms with E-state index in [1.807, 2.05) is 0 Å². The first-order valence-electron chi connectivity index (χ1n) is 10.2. The summed E-state index contributed by atoms with van der Waals surface area (Å²) < 4.78 is 7.32. The molecule has 0 aromatic carbocycles. The molecule has 1 aromatic heterocycles. The maximum atomic E-state index is 12.3. The molecular formula is C20H34N4O2. The van der Waals surface area contributed by atoms with Gasteiger partial charge in [0.2, 0.25) is 0 Å². The highest BCUT2D eigenvalue weighted by atomic mass is 16.5. The van der Waals surface area contributed by atoms with Gasteiger partial charge < -0.3 is 9.64 Å². The van der Waals surface area contributed by atoms with Crippen molar-refractivity contribution in [1.29, 1.82) is 0 Å². The molecule has 3 heterocycles. The second kappa shape index (κ2) is 9.62. The van der Waals surface area contributed by atoms with E-state index >= 15 is 0 Å². The van der Waals surface area contributed by atoms with Crippen LogP contribution in [0.15, 0.2) is 17.2 Å². The average Bonchev–Trinajstić information content (AvgIpc) is 2.91. The molecule has 0 bridgehead atoms. The number of hydrogen-bond donors (Lipinski definition) is 0. The second-order valence-corrected chi connectivity index (χ2v) is 8.05. The Bertz CT molecular complexity index is 600. The van der Waals surface area contributed by atoms with Gasteiger partial charge in [0.25, 0.3) is 5.56 Å². The van der Waals surface area contributed by atoms with Crippen molar-refractivity contribution in [1.82, 2.24) is 19.4 Å². The molecule has 2 saturated heterocycles. The summed E-state index contributed by atoms with van der Waals surface area (Å²) in [7, 11) is 0. The number of nitrogens with zero attached hydrogens (tertiary/aromatic N) is 4. The van der Waals surface area contributed by atoms with Crippen LogP contribution in [0.4, 0.5) is 0 Å². The van der Waals surface area contributed by atoms with Crippen molar-refractivity contribution in [3.05, 3.63) is 28.4 Å². The summed E-state index contributed by atoms with van der Waals surface area (Å²) in [5.74, 6) is 0.888. The van der Waals surface area contributed by atoms with Crippen LogP contribution in [0, 0.1) is 5.92 Å². The third-order valence-corrected chi connectivity index (χ3v) is 5.70. The molecule has 0 atom stereocenters. The summed E-state index contributed by atoms with van der Waals surface area (Å²) in [5.41, 5.74) is 0.981. The van der Waals surface area contributed by atoms with E-state index in [0.29, 0.717) is 11.8 Å². The molecule has 6 heteroatoms. The molecule has 6 nitrogen and oxygen atoms in total. The molecule has 0 unspecified atom stereocenters. The highest BCUT2D eigenvalue weighted by molar-refractivity contribution is 5.04. The number of likely N-dealkylation sites (tertiary alicyclic amines) is 1. The van der Waals surface area contributed by atoms with Crippen molar-refractivity contribution in [2.24, 2.45) is 5.92 Å². The van der Waals surface area contributed by atoms with E-state index in [9.17, 15) is 4.79 Å². The first kappa shape index (κ1) is 19.5. The zero-order valence-corrected chi connectivity index (χ0v) is 16.4. The summed E-state index contributed by atoms with van der Waals surface area (Å²) in [6.45, 7) is 13.5. The van der Waals surface area contributed by atoms with Crippen molar-refractivity contribution in [3.8, 4) is 0 Å². The summed E-state index contributed by atoms with van der Waals surface area (Å²) in [6, 6.07) is 1.70. The molecule has 0 amide bonds. The molecule has 0 N–H and O–H groups in total. The van der Waals surface area contributed by atoms with Crippen molar-refractivity contribution >= 4 is 0 Å². The van der Waals surface area contributed by atoms with Gasteiger partial charge in [-0.25, -0.2) is 4.98 Å². The van der Waals surface area contributed by atoms with Gasteiger partial charge in [0, 0.05) is 45.4 Å². The van der Waals surface area contributed by atoms with Crippen LogP contribution in [0.5, 0.6) is 0 Å². The minimum Gasteiger partial charge on any atom is -0.380 e. The van der Waals surface area contributed by atoms with Crippen LogP contribution in [0.2, 0.25) is 0 Å². The molecule has 3 rings (SSSR count). The molecule has 0 spiro atoms. The maximum absolute atomic E-state index is 12.3. The number of aromatic nitrogens is 2. The minimum atomic E-state index is 0.0921. The highest BCUT2D eigenvalue weighted by Gasteiger charge is 2.21. The molecule has 146 valence electrons. The van der Waals surface area contributed by atoms with Gasteiger partial charge in [0.05, 0.1) is 18.6 Å². The lowest BCUT2D eigenvalue weighted by Gasteiger charge is -2.33. The zero-order valence-electron chi connectivity index (χ0n) is 16.4. The fraction of sp³-hybridized carbons (Fsp3) is 0.800. The number of hydrogen-bond acceptors (Lipinski definition) is 5. The molecule has 1 aromatic rings. The molecular weight excluding hydrogens is 328 g/mol. The van der Waals surface area contributed by atoms with E-state index in [0.717, 1.165) is 64.6 Å². The minimum absolute atomic E-state index is 0.0921. The van der Waals surface area contributed by atoms with Crippen LogP contribution in [-0.4, -0.2) is 71.8 Å². The number of piperidine rings is 1. The number of ether oxygens (including phenoxy) is 1. The standard InChI is InChI=1S/C20H34N4O2/c1-17(2)19-14-20(25)24(16-21-19)15-18-4-7-23(8-5-18)10-9-22-6-3-12-26-13-11-22/h14,16-18H,3-13,15H2,1-2H3. The second-order valence-electron chi connectivity index (χ2n) is 8.05.